The van der Waals surface area contributed by atoms with Crippen molar-refractivity contribution in [2.24, 2.45) is 5.92 Å². The van der Waals surface area contributed by atoms with Crippen LogP contribution in [0.15, 0.2) is 29.4 Å². The normalized spacial score (nSPS) is 16.0. The Morgan fingerprint density at radius 2 is 1.95 bits per heavy atom. The van der Waals surface area contributed by atoms with E-state index in [9.17, 15) is 5.11 Å². The fraction of sp³-hybridized carbons (Fsp3) is 0.462. The molecule has 1 N–H and O–H groups in total. The zero-order chi connectivity index (χ0) is 13.1. The summed E-state index contributed by atoms with van der Waals surface area (Å²) in [4.78, 5) is 0. The number of aromatic hydroxyl groups is 1. The van der Waals surface area contributed by atoms with Crippen molar-refractivity contribution in [2.75, 3.05) is 5.75 Å². The number of phenolic OH excluding ortho intramolecular Hbond substituents is 1. The third-order valence-electron chi connectivity index (χ3n) is 3.46. The van der Waals surface area contributed by atoms with Gasteiger partial charge in [0.15, 0.2) is 0 Å². The Labute approximate surface area is 116 Å². The molecular weight excluding hydrogens is 260 g/mol. The van der Waals surface area contributed by atoms with E-state index < -0.39 is 0 Å². The molecule has 0 spiro atoms. The summed E-state index contributed by atoms with van der Waals surface area (Å²) in [7, 11) is 0. The van der Waals surface area contributed by atoms with E-state index >= 15 is 0 Å². The maximum atomic E-state index is 9.30. The lowest BCUT2D eigenvalue weighted by Crippen LogP contribution is -2.02. The van der Waals surface area contributed by atoms with Crippen LogP contribution in [0.2, 0.25) is 0 Å². The van der Waals surface area contributed by atoms with Crippen LogP contribution in [0.1, 0.15) is 25.7 Å². The number of hydrogen-bond donors (Lipinski definition) is 1. The molecule has 2 aromatic rings. The van der Waals surface area contributed by atoms with Gasteiger partial charge in [0.25, 0.3) is 0 Å². The summed E-state index contributed by atoms with van der Waals surface area (Å²) < 4.78 is 1.72. The SMILES string of the molecule is Oc1ccc(-n2nnnc2SCC2CCCC2)cc1. The number of rotatable bonds is 4. The zero-order valence-electron chi connectivity index (χ0n) is 10.6. The first-order valence-corrected chi connectivity index (χ1v) is 7.52. The number of nitrogens with zero attached hydrogens (tertiary/aromatic N) is 4. The number of phenols is 1. The number of tetrazole rings is 1. The molecule has 0 saturated heterocycles. The Kier molecular flexibility index (Phi) is 3.68. The molecule has 1 fully saturated rings. The Morgan fingerprint density at radius 1 is 1.21 bits per heavy atom. The summed E-state index contributed by atoms with van der Waals surface area (Å²) in [6.45, 7) is 0. The van der Waals surface area contributed by atoms with Crippen molar-refractivity contribution in [3.63, 3.8) is 0 Å². The molecule has 5 nitrogen and oxygen atoms in total. The third-order valence-corrected chi connectivity index (χ3v) is 4.61. The lowest BCUT2D eigenvalue weighted by atomic mass is 10.1. The monoisotopic (exact) mass is 276 g/mol. The highest BCUT2D eigenvalue weighted by Crippen LogP contribution is 2.30. The number of hydrogen-bond acceptors (Lipinski definition) is 5. The van der Waals surface area contributed by atoms with Gasteiger partial charge in [0.2, 0.25) is 5.16 Å². The molecule has 0 radical (unpaired) electrons. The number of benzene rings is 1. The number of aromatic nitrogens is 4. The quantitative estimate of drug-likeness (QED) is 0.870. The fourth-order valence-corrected chi connectivity index (χ4v) is 3.47. The minimum Gasteiger partial charge on any atom is -0.508 e. The van der Waals surface area contributed by atoms with Crippen LogP contribution in [0.4, 0.5) is 0 Å². The molecule has 1 saturated carbocycles. The Balaban J connectivity index is 1.72. The van der Waals surface area contributed by atoms with Crippen molar-refractivity contribution in [3.05, 3.63) is 24.3 Å². The molecule has 0 bridgehead atoms. The van der Waals surface area contributed by atoms with Crippen LogP contribution in [-0.2, 0) is 0 Å². The van der Waals surface area contributed by atoms with Crippen LogP contribution >= 0.6 is 11.8 Å². The average Bonchev–Trinajstić information content (AvgIpc) is 3.08. The van der Waals surface area contributed by atoms with Gasteiger partial charge in [0.1, 0.15) is 5.75 Å². The van der Waals surface area contributed by atoms with Gasteiger partial charge in [-0.25, -0.2) is 0 Å². The largest absolute Gasteiger partial charge is 0.508 e. The molecule has 0 amide bonds. The minimum absolute atomic E-state index is 0.247. The first-order chi connectivity index (χ1) is 9.33. The first-order valence-electron chi connectivity index (χ1n) is 6.53. The molecule has 3 rings (SSSR count). The molecule has 0 atom stereocenters. The summed E-state index contributed by atoms with van der Waals surface area (Å²) in [5.74, 6) is 2.13. The number of thioether (sulfide) groups is 1. The average molecular weight is 276 g/mol. The summed E-state index contributed by atoms with van der Waals surface area (Å²) in [5, 5.41) is 22.0. The minimum atomic E-state index is 0.247. The summed E-state index contributed by atoms with van der Waals surface area (Å²) >= 11 is 1.71. The highest BCUT2D eigenvalue weighted by Gasteiger charge is 2.17. The highest BCUT2D eigenvalue weighted by atomic mass is 32.2. The third kappa shape index (κ3) is 2.89. The molecular formula is C13H16N4OS. The van der Waals surface area contributed by atoms with Gasteiger partial charge in [-0.2, -0.15) is 4.68 Å². The molecule has 1 aliphatic carbocycles. The van der Waals surface area contributed by atoms with Crippen LogP contribution in [0.25, 0.3) is 5.69 Å². The molecule has 0 unspecified atom stereocenters. The van der Waals surface area contributed by atoms with Crippen molar-refractivity contribution in [1.29, 1.82) is 0 Å². The van der Waals surface area contributed by atoms with Crippen molar-refractivity contribution in [3.8, 4) is 11.4 Å². The van der Waals surface area contributed by atoms with Gasteiger partial charge in [-0.1, -0.05) is 24.6 Å². The maximum absolute atomic E-state index is 9.30. The second-order valence-electron chi connectivity index (χ2n) is 4.85. The van der Waals surface area contributed by atoms with Crippen molar-refractivity contribution >= 4 is 11.8 Å². The van der Waals surface area contributed by atoms with Crippen molar-refractivity contribution in [2.45, 2.75) is 30.8 Å². The van der Waals surface area contributed by atoms with Gasteiger partial charge in [-0.3, -0.25) is 0 Å². The van der Waals surface area contributed by atoms with E-state index in [2.05, 4.69) is 15.5 Å². The molecule has 1 aliphatic rings. The second-order valence-corrected chi connectivity index (χ2v) is 5.84. The van der Waals surface area contributed by atoms with Crippen LogP contribution < -0.4 is 0 Å². The molecule has 6 heteroatoms. The lowest BCUT2D eigenvalue weighted by Gasteiger charge is -2.08. The van der Waals surface area contributed by atoms with Gasteiger partial charge < -0.3 is 5.11 Å². The molecule has 0 aliphatic heterocycles. The van der Waals surface area contributed by atoms with Crippen LogP contribution in [-0.4, -0.2) is 31.1 Å². The summed E-state index contributed by atoms with van der Waals surface area (Å²) in [5.41, 5.74) is 0.872. The van der Waals surface area contributed by atoms with E-state index in [1.54, 1.807) is 28.6 Å². The topological polar surface area (TPSA) is 63.8 Å². The van der Waals surface area contributed by atoms with E-state index in [0.717, 1.165) is 22.5 Å². The molecule has 1 aromatic carbocycles. The van der Waals surface area contributed by atoms with Gasteiger partial charge in [-0.15, -0.1) is 5.10 Å². The Bertz CT molecular complexity index is 534. The van der Waals surface area contributed by atoms with E-state index in [1.165, 1.54) is 25.7 Å². The van der Waals surface area contributed by atoms with Crippen LogP contribution in [0.3, 0.4) is 0 Å². The fourth-order valence-electron chi connectivity index (χ4n) is 2.39. The molecule has 1 aromatic heterocycles. The van der Waals surface area contributed by atoms with E-state index in [0.29, 0.717) is 0 Å². The molecule has 100 valence electrons. The predicted octanol–water partition coefficient (Wildman–Crippen LogP) is 2.65. The van der Waals surface area contributed by atoms with Gasteiger partial charge in [0, 0.05) is 5.75 Å². The lowest BCUT2D eigenvalue weighted by molar-refractivity contribution is 0.475. The van der Waals surface area contributed by atoms with Crippen LogP contribution in [0.5, 0.6) is 5.75 Å². The molecule has 19 heavy (non-hydrogen) atoms. The Hall–Kier alpha value is -1.56. The predicted molar refractivity (Wildman–Crippen MR) is 73.5 cm³/mol. The standard InChI is InChI=1S/C13H16N4OS/c18-12-7-5-11(6-8-12)17-13(14-15-16-17)19-9-10-3-1-2-4-10/h5-8,10,18H,1-4,9H2. The van der Waals surface area contributed by atoms with Crippen molar-refractivity contribution in [1.82, 2.24) is 20.2 Å². The van der Waals surface area contributed by atoms with Gasteiger partial charge in [0.05, 0.1) is 5.69 Å². The van der Waals surface area contributed by atoms with Crippen molar-refractivity contribution < 1.29 is 5.11 Å². The van der Waals surface area contributed by atoms with E-state index in [1.807, 2.05) is 12.1 Å². The Morgan fingerprint density at radius 3 is 2.68 bits per heavy atom. The van der Waals surface area contributed by atoms with Gasteiger partial charge in [-0.05, 0) is 53.5 Å². The second kappa shape index (κ2) is 5.61. The van der Waals surface area contributed by atoms with Gasteiger partial charge >= 0.3 is 0 Å². The smallest absolute Gasteiger partial charge is 0.214 e. The molecule has 1 heterocycles. The van der Waals surface area contributed by atoms with E-state index in [-0.39, 0.29) is 5.75 Å². The summed E-state index contributed by atoms with van der Waals surface area (Å²) in [6, 6.07) is 6.90. The summed E-state index contributed by atoms with van der Waals surface area (Å²) in [6.07, 6.45) is 5.36. The maximum Gasteiger partial charge on any atom is 0.214 e. The van der Waals surface area contributed by atoms with Crippen LogP contribution in [0, 0.1) is 5.92 Å². The first kappa shape index (κ1) is 12.5. The highest BCUT2D eigenvalue weighted by molar-refractivity contribution is 7.99. The van der Waals surface area contributed by atoms with E-state index in [4.69, 9.17) is 0 Å². The zero-order valence-corrected chi connectivity index (χ0v) is 11.4.